The van der Waals surface area contributed by atoms with Gasteiger partial charge in [-0.25, -0.2) is 0 Å². The van der Waals surface area contributed by atoms with Crippen LogP contribution in [-0.2, 0) is 0 Å². The Bertz CT molecular complexity index is 552. The van der Waals surface area contributed by atoms with Gasteiger partial charge in [-0.2, -0.15) is 0 Å². The maximum absolute atomic E-state index is 4.44. The molecule has 0 aromatic carbocycles. The van der Waals surface area contributed by atoms with Crippen molar-refractivity contribution in [1.82, 2.24) is 9.97 Å². The van der Waals surface area contributed by atoms with Crippen LogP contribution in [0.2, 0.25) is 0 Å². The maximum atomic E-state index is 4.44. The summed E-state index contributed by atoms with van der Waals surface area (Å²) in [7, 11) is 0. The van der Waals surface area contributed by atoms with Crippen molar-refractivity contribution in [2.45, 2.75) is 27.2 Å². The molecule has 4 heteroatoms. The highest BCUT2D eigenvalue weighted by molar-refractivity contribution is 9.10. The summed E-state index contributed by atoms with van der Waals surface area (Å²) in [5.74, 6) is 0. The van der Waals surface area contributed by atoms with Gasteiger partial charge in [0.1, 0.15) is 5.52 Å². The van der Waals surface area contributed by atoms with Gasteiger partial charge in [0.2, 0.25) is 0 Å². The van der Waals surface area contributed by atoms with Crippen LogP contribution in [0.25, 0.3) is 11.0 Å². The topological polar surface area (TPSA) is 37.8 Å². The van der Waals surface area contributed by atoms with E-state index in [2.05, 4.69) is 52.0 Å². The first-order valence-corrected chi connectivity index (χ1v) is 6.95. The summed E-state index contributed by atoms with van der Waals surface area (Å²) in [6.45, 7) is 7.66. The van der Waals surface area contributed by atoms with E-state index in [9.17, 15) is 0 Å². The first-order valence-electron chi connectivity index (χ1n) is 6.16. The predicted molar refractivity (Wildman–Crippen MR) is 79.8 cm³/mol. The van der Waals surface area contributed by atoms with Gasteiger partial charge in [-0.05, 0) is 39.9 Å². The van der Waals surface area contributed by atoms with Gasteiger partial charge in [0, 0.05) is 23.4 Å². The molecule has 0 radical (unpaired) electrons. The molecule has 2 rings (SSSR count). The van der Waals surface area contributed by atoms with E-state index in [0.29, 0.717) is 0 Å². The normalized spacial score (nSPS) is 11.8. The lowest BCUT2D eigenvalue weighted by Crippen LogP contribution is -2.22. The Kier molecular flexibility index (Phi) is 3.85. The second-order valence-electron chi connectivity index (χ2n) is 5.25. The third-order valence-electron chi connectivity index (χ3n) is 3.26. The molecule has 0 aliphatic carbocycles. The van der Waals surface area contributed by atoms with E-state index < -0.39 is 0 Å². The Hall–Kier alpha value is -1.16. The number of nitrogens with zero attached hydrogens (tertiary/aromatic N) is 2. The summed E-state index contributed by atoms with van der Waals surface area (Å²) in [6.07, 6.45) is 4.76. The Balaban J connectivity index is 2.29. The second-order valence-corrected chi connectivity index (χ2v) is 6.17. The van der Waals surface area contributed by atoms with Crippen LogP contribution in [0.15, 0.2) is 29.0 Å². The van der Waals surface area contributed by atoms with Crippen LogP contribution in [0.5, 0.6) is 0 Å². The van der Waals surface area contributed by atoms with Crippen molar-refractivity contribution in [1.29, 1.82) is 0 Å². The lowest BCUT2D eigenvalue weighted by molar-refractivity contribution is 0.377. The molecule has 0 saturated carbocycles. The van der Waals surface area contributed by atoms with Crippen molar-refractivity contribution in [3.63, 3.8) is 0 Å². The first kappa shape index (κ1) is 13.3. The zero-order valence-corrected chi connectivity index (χ0v) is 12.6. The fourth-order valence-corrected chi connectivity index (χ4v) is 1.93. The van der Waals surface area contributed by atoms with Gasteiger partial charge in [0.25, 0.3) is 0 Å². The van der Waals surface area contributed by atoms with Gasteiger partial charge >= 0.3 is 0 Å². The van der Waals surface area contributed by atoms with E-state index >= 15 is 0 Å². The number of hydrogen-bond acceptors (Lipinski definition) is 3. The number of halogens is 1. The molecule has 1 N–H and O–H groups in total. The fraction of sp³-hybridized carbons (Fsp3) is 0.429. The number of rotatable bonds is 4. The summed E-state index contributed by atoms with van der Waals surface area (Å²) in [5, 5.41) is 3.48. The third-order valence-corrected chi connectivity index (χ3v) is 3.69. The molecule has 0 spiro atoms. The van der Waals surface area contributed by atoms with Gasteiger partial charge in [-0.1, -0.05) is 20.8 Å². The van der Waals surface area contributed by atoms with E-state index in [1.54, 1.807) is 6.20 Å². The maximum Gasteiger partial charge on any atom is 0.112 e. The van der Waals surface area contributed by atoms with Gasteiger partial charge < -0.3 is 5.32 Å². The van der Waals surface area contributed by atoms with Gasteiger partial charge in [-0.15, -0.1) is 0 Å². The molecule has 2 aromatic heterocycles. The zero-order chi connectivity index (χ0) is 13.2. The number of aromatic nitrogens is 2. The minimum absolute atomic E-state index is 0.283. The number of hydrogen-bond donors (Lipinski definition) is 1. The van der Waals surface area contributed by atoms with Gasteiger partial charge in [0.15, 0.2) is 0 Å². The van der Waals surface area contributed by atoms with Crippen LogP contribution in [0.3, 0.4) is 0 Å². The van der Waals surface area contributed by atoms with Crippen molar-refractivity contribution < 1.29 is 0 Å². The molecule has 0 unspecified atom stereocenters. The van der Waals surface area contributed by atoms with Gasteiger partial charge in [-0.3, -0.25) is 9.97 Å². The Morgan fingerprint density at radius 2 is 2.11 bits per heavy atom. The third kappa shape index (κ3) is 2.99. The summed E-state index contributed by atoms with van der Waals surface area (Å²) >= 11 is 3.42. The van der Waals surface area contributed by atoms with E-state index in [0.717, 1.165) is 34.2 Å². The molecule has 0 amide bonds. The second kappa shape index (κ2) is 5.22. The molecule has 96 valence electrons. The van der Waals surface area contributed by atoms with Crippen molar-refractivity contribution in [2.75, 3.05) is 11.9 Å². The molecule has 0 atom stereocenters. The largest absolute Gasteiger partial charge is 0.383 e. The Labute approximate surface area is 116 Å². The standard InChI is InChI=1S/C14H18BrN3/c1-4-14(2,3)9-18-11-5-6-16-12-7-10(15)8-17-13(11)12/h5-8H,4,9H2,1-3H3,(H,16,18). The van der Waals surface area contributed by atoms with Crippen LogP contribution in [0.1, 0.15) is 27.2 Å². The molecular weight excluding hydrogens is 290 g/mol. The van der Waals surface area contributed by atoms with Crippen LogP contribution < -0.4 is 5.32 Å². The summed E-state index contributed by atoms with van der Waals surface area (Å²) in [4.78, 5) is 8.77. The van der Waals surface area contributed by atoms with Crippen molar-refractivity contribution in [2.24, 2.45) is 5.41 Å². The predicted octanol–water partition coefficient (Wildman–Crippen LogP) is 4.24. The smallest absolute Gasteiger partial charge is 0.112 e. The van der Waals surface area contributed by atoms with Crippen molar-refractivity contribution in [3.05, 3.63) is 29.0 Å². The lowest BCUT2D eigenvalue weighted by Gasteiger charge is -2.23. The summed E-state index contributed by atoms with van der Waals surface area (Å²) in [6, 6.07) is 3.97. The Morgan fingerprint density at radius 3 is 2.83 bits per heavy atom. The monoisotopic (exact) mass is 307 g/mol. The highest BCUT2D eigenvalue weighted by atomic mass is 79.9. The SMILES string of the molecule is CCC(C)(C)CNc1ccnc2cc(Br)cnc12. The molecule has 0 aliphatic rings. The van der Waals surface area contributed by atoms with Gasteiger partial charge in [0.05, 0.1) is 11.2 Å². The summed E-state index contributed by atoms with van der Waals surface area (Å²) in [5.41, 5.74) is 3.16. The van der Waals surface area contributed by atoms with Crippen molar-refractivity contribution in [3.8, 4) is 0 Å². The molecule has 0 saturated heterocycles. The minimum atomic E-state index is 0.283. The molecule has 0 fully saturated rings. The number of nitrogens with one attached hydrogen (secondary N) is 1. The minimum Gasteiger partial charge on any atom is -0.383 e. The molecule has 2 heterocycles. The molecular formula is C14H18BrN3. The molecule has 0 bridgehead atoms. The van der Waals surface area contributed by atoms with Crippen LogP contribution >= 0.6 is 15.9 Å². The quantitative estimate of drug-likeness (QED) is 0.918. The van der Waals surface area contributed by atoms with E-state index in [-0.39, 0.29) is 5.41 Å². The number of anilines is 1. The van der Waals surface area contributed by atoms with Crippen LogP contribution in [0, 0.1) is 5.41 Å². The molecule has 18 heavy (non-hydrogen) atoms. The van der Waals surface area contributed by atoms with E-state index in [1.165, 1.54) is 0 Å². The highest BCUT2D eigenvalue weighted by Gasteiger charge is 2.15. The summed E-state index contributed by atoms with van der Waals surface area (Å²) < 4.78 is 0.952. The van der Waals surface area contributed by atoms with Crippen molar-refractivity contribution >= 4 is 32.7 Å². The lowest BCUT2D eigenvalue weighted by atomic mass is 9.90. The van der Waals surface area contributed by atoms with E-state index in [1.807, 2.05) is 18.3 Å². The Morgan fingerprint density at radius 1 is 1.33 bits per heavy atom. The average molecular weight is 308 g/mol. The average Bonchev–Trinajstić information content (AvgIpc) is 2.36. The highest BCUT2D eigenvalue weighted by Crippen LogP contribution is 2.25. The number of pyridine rings is 2. The molecule has 3 nitrogen and oxygen atoms in total. The molecule has 2 aromatic rings. The fourth-order valence-electron chi connectivity index (χ4n) is 1.61. The zero-order valence-electron chi connectivity index (χ0n) is 11.0. The van der Waals surface area contributed by atoms with E-state index in [4.69, 9.17) is 0 Å². The first-order chi connectivity index (χ1) is 8.52. The number of fused-ring (bicyclic) bond motifs is 1. The van der Waals surface area contributed by atoms with Crippen LogP contribution in [-0.4, -0.2) is 16.5 Å². The van der Waals surface area contributed by atoms with Crippen LogP contribution in [0.4, 0.5) is 5.69 Å². The molecule has 0 aliphatic heterocycles.